The second kappa shape index (κ2) is 9.16. The Hall–Kier alpha value is -2.06. The van der Waals surface area contributed by atoms with Gasteiger partial charge in [0.15, 0.2) is 0 Å². The van der Waals surface area contributed by atoms with Crippen molar-refractivity contribution in [2.75, 3.05) is 5.75 Å². The van der Waals surface area contributed by atoms with Crippen LogP contribution in [0.2, 0.25) is 0 Å². The molecule has 7 nitrogen and oxygen atoms in total. The number of benzene rings is 1. The molecule has 0 aliphatic heterocycles. The topological polar surface area (TPSA) is 122 Å². The number of rotatable bonds is 8. The second-order valence-corrected chi connectivity index (χ2v) is 5.41. The fourth-order valence-electron chi connectivity index (χ4n) is 1.96. The molecular weight excluding hydrogens is 318 g/mol. The van der Waals surface area contributed by atoms with Crippen molar-refractivity contribution in [2.24, 2.45) is 5.73 Å². The molecule has 1 aromatic rings. The smallest absolute Gasteiger partial charge is 0.245 e. The first-order chi connectivity index (χ1) is 10.8. The van der Waals surface area contributed by atoms with E-state index in [1.165, 1.54) is 6.92 Å². The molecule has 1 rings (SSSR count). The van der Waals surface area contributed by atoms with Gasteiger partial charge in [0.2, 0.25) is 17.7 Å². The molecule has 0 aliphatic carbocycles. The van der Waals surface area contributed by atoms with Crippen molar-refractivity contribution >= 4 is 30.4 Å². The van der Waals surface area contributed by atoms with Crippen LogP contribution >= 0.6 is 12.6 Å². The highest BCUT2D eigenvalue weighted by Gasteiger charge is 2.28. The molecule has 126 valence electrons. The van der Waals surface area contributed by atoms with E-state index < -0.39 is 35.9 Å². The van der Waals surface area contributed by atoms with E-state index in [4.69, 9.17) is 5.73 Å². The molecule has 0 spiro atoms. The number of hydrogen-bond acceptors (Lipinski definition) is 5. The maximum absolute atomic E-state index is 12.2. The number of aliphatic hydroxyl groups excluding tert-OH is 1. The molecule has 3 atom stereocenters. The lowest BCUT2D eigenvalue weighted by atomic mass is 10.0. The van der Waals surface area contributed by atoms with E-state index in [1.54, 1.807) is 24.3 Å². The Labute approximate surface area is 140 Å². The summed E-state index contributed by atoms with van der Waals surface area (Å²) in [7, 11) is 0. The maximum atomic E-state index is 12.2. The van der Waals surface area contributed by atoms with Crippen LogP contribution in [0.3, 0.4) is 0 Å². The van der Waals surface area contributed by atoms with E-state index in [-0.39, 0.29) is 12.2 Å². The molecule has 0 saturated carbocycles. The van der Waals surface area contributed by atoms with Crippen molar-refractivity contribution in [3.05, 3.63) is 35.9 Å². The standard InChI is InChI=1S/C15H21N3O4S/c1-9(19)13(18-12(20)8-23)15(22)17-11(14(16)21)7-10-5-3-2-4-6-10/h2-6,9,11,13,19,23H,7-8H2,1H3,(H2,16,21)(H,17,22)(H,18,20)/t9-,11+,13+/m1/s1. The zero-order chi connectivity index (χ0) is 17.4. The Morgan fingerprint density at radius 2 is 1.83 bits per heavy atom. The zero-order valence-corrected chi connectivity index (χ0v) is 13.6. The number of primary amides is 1. The van der Waals surface area contributed by atoms with Crippen LogP contribution < -0.4 is 16.4 Å². The summed E-state index contributed by atoms with van der Waals surface area (Å²) in [6.07, 6.45) is -0.918. The second-order valence-electron chi connectivity index (χ2n) is 5.10. The summed E-state index contributed by atoms with van der Waals surface area (Å²) < 4.78 is 0. The molecule has 0 unspecified atom stereocenters. The molecule has 8 heteroatoms. The molecule has 0 aliphatic rings. The van der Waals surface area contributed by atoms with E-state index in [0.29, 0.717) is 0 Å². The number of carbonyl (C=O) groups is 3. The predicted octanol–water partition coefficient (Wildman–Crippen LogP) is -1.01. The van der Waals surface area contributed by atoms with Crippen LogP contribution in [0.5, 0.6) is 0 Å². The minimum Gasteiger partial charge on any atom is -0.391 e. The van der Waals surface area contributed by atoms with Gasteiger partial charge in [0.25, 0.3) is 0 Å². The van der Waals surface area contributed by atoms with Crippen molar-refractivity contribution in [2.45, 2.75) is 31.5 Å². The number of nitrogens with one attached hydrogen (secondary N) is 2. The highest BCUT2D eigenvalue weighted by Crippen LogP contribution is 2.04. The molecule has 0 heterocycles. The normalized spacial score (nSPS) is 14.4. The lowest BCUT2D eigenvalue weighted by Crippen LogP contribution is -2.57. The summed E-state index contributed by atoms with van der Waals surface area (Å²) in [5.41, 5.74) is 6.14. The molecule has 0 saturated heterocycles. The monoisotopic (exact) mass is 339 g/mol. The predicted molar refractivity (Wildman–Crippen MR) is 88.7 cm³/mol. The zero-order valence-electron chi connectivity index (χ0n) is 12.7. The fourth-order valence-corrected chi connectivity index (χ4v) is 2.05. The van der Waals surface area contributed by atoms with Gasteiger partial charge in [0.1, 0.15) is 12.1 Å². The van der Waals surface area contributed by atoms with Gasteiger partial charge in [0, 0.05) is 6.42 Å². The van der Waals surface area contributed by atoms with Crippen molar-refractivity contribution in [1.29, 1.82) is 0 Å². The molecule has 0 radical (unpaired) electrons. The number of aliphatic hydroxyl groups is 1. The Morgan fingerprint density at radius 1 is 1.22 bits per heavy atom. The third-order valence-electron chi connectivity index (χ3n) is 3.17. The minimum atomic E-state index is -1.19. The maximum Gasteiger partial charge on any atom is 0.245 e. The van der Waals surface area contributed by atoms with Gasteiger partial charge in [-0.2, -0.15) is 12.6 Å². The summed E-state index contributed by atoms with van der Waals surface area (Å²) in [6.45, 7) is 1.36. The van der Waals surface area contributed by atoms with E-state index in [2.05, 4.69) is 23.3 Å². The number of amides is 3. The van der Waals surface area contributed by atoms with Crippen molar-refractivity contribution in [3.8, 4) is 0 Å². The van der Waals surface area contributed by atoms with E-state index in [1.807, 2.05) is 6.07 Å². The third-order valence-corrected chi connectivity index (χ3v) is 3.45. The number of thiol groups is 1. The molecule has 0 fully saturated rings. The van der Waals surface area contributed by atoms with Gasteiger partial charge >= 0.3 is 0 Å². The SMILES string of the molecule is C[C@@H](O)[C@H](NC(=O)CS)C(=O)N[C@@H](Cc1ccccc1)C(N)=O. The molecule has 5 N–H and O–H groups in total. The average Bonchev–Trinajstić information content (AvgIpc) is 2.52. The first kappa shape index (κ1) is 19.0. The minimum absolute atomic E-state index is 0.125. The first-order valence-corrected chi connectivity index (χ1v) is 7.70. The van der Waals surface area contributed by atoms with Gasteiger partial charge in [-0.15, -0.1) is 0 Å². The largest absolute Gasteiger partial charge is 0.391 e. The summed E-state index contributed by atoms with van der Waals surface area (Å²) in [5.74, 6) is -2.02. The molecule has 23 heavy (non-hydrogen) atoms. The van der Waals surface area contributed by atoms with Gasteiger partial charge in [-0.3, -0.25) is 14.4 Å². The van der Waals surface area contributed by atoms with Crippen molar-refractivity contribution < 1.29 is 19.5 Å². The highest BCUT2D eigenvalue weighted by molar-refractivity contribution is 7.81. The average molecular weight is 339 g/mol. The molecule has 3 amide bonds. The van der Waals surface area contributed by atoms with Crippen LogP contribution in [-0.2, 0) is 20.8 Å². The van der Waals surface area contributed by atoms with Crippen molar-refractivity contribution in [3.63, 3.8) is 0 Å². The molecular formula is C15H21N3O4S. The number of carbonyl (C=O) groups excluding carboxylic acids is 3. The third kappa shape index (κ3) is 6.29. The van der Waals surface area contributed by atoms with Gasteiger partial charge < -0.3 is 21.5 Å². The molecule has 0 bridgehead atoms. The van der Waals surface area contributed by atoms with Crippen LogP contribution in [0.4, 0.5) is 0 Å². The summed E-state index contributed by atoms with van der Waals surface area (Å²) >= 11 is 3.80. The quantitative estimate of drug-likeness (QED) is 0.390. The fraction of sp³-hybridized carbons (Fsp3) is 0.400. The van der Waals surface area contributed by atoms with Crippen LogP contribution in [-0.4, -0.2) is 46.8 Å². The number of hydrogen-bond donors (Lipinski definition) is 5. The van der Waals surface area contributed by atoms with Crippen molar-refractivity contribution in [1.82, 2.24) is 10.6 Å². The highest BCUT2D eigenvalue weighted by atomic mass is 32.1. The lowest BCUT2D eigenvalue weighted by molar-refractivity contribution is -0.133. The Morgan fingerprint density at radius 3 is 2.30 bits per heavy atom. The van der Waals surface area contributed by atoms with E-state index >= 15 is 0 Å². The number of nitrogens with two attached hydrogens (primary N) is 1. The summed E-state index contributed by atoms with van der Waals surface area (Å²) in [5, 5.41) is 14.5. The van der Waals surface area contributed by atoms with E-state index in [9.17, 15) is 19.5 Å². The Balaban J connectivity index is 2.79. The van der Waals surface area contributed by atoms with Gasteiger partial charge in [-0.25, -0.2) is 0 Å². The lowest BCUT2D eigenvalue weighted by Gasteiger charge is -2.23. The Bertz CT molecular complexity index is 551. The van der Waals surface area contributed by atoms with Gasteiger partial charge in [0.05, 0.1) is 11.9 Å². The van der Waals surface area contributed by atoms with Gasteiger partial charge in [-0.05, 0) is 12.5 Å². The van der Waals surface area contributed by atoms with Crippen LogP contribution in [0, 0.1) is 0 Å². The summed E-state index contributed by atoms with van der Waals surface area (Å²) in [6, 6.07) is 6.92. The first-order valence-electron chi connectivity index (χ1n) is 7.07. The Kier molecular flexibility index (Phi) is 7.56. The molecule has 0 aromatic heterocycles. The summed E-state index contributed by atoms with van der Waals surface area (Å²) in [4.78, 5) is 35.1. The molecule has 1 aromatic carbocycles. The van der Waals surface area contributed by atoms with Gasteiger partial charge in [-0.1, -0.05) is 30.3 Å². The van der Waals surface area contributed by atoms with Crippen LogP contribution in [0.25, 0.3) is 0 Å². The van der Waals surface area contributed by atoms with E-state index in [0.717, 1.165) is 5.56 Å². The van der Waals surface area contributed by atoms with Crippen LogP contribution in [0.15, 0.2) is 30.3 Å². The van der Waals surface area contributed by atoms with Crippen LogP contribution in [0.1, 0.15) is 12.5 Å².